The molecule has 2 rings (SSSR count). The van der Waals surface area contributed by atoms with E-state index in [4.69, 9.17) is 0 Å². The highest BCUT2D eigenvalue weighted by atomic mass is 16.2. The first kappa shape index (κ1) is 16.7. The van der Waals surface area contributed by atoms with Crippen molar-refractivity contribution < 1.29 is 9.59 Å². The Labute approximate surface area is 137 Å². The third-order valence-corrected chi connectivity index (χ3v) is 3.60. The first-order valence-corrected chi connectivity index (χ1v) is 7.65. The molecule has 0 aliphatic rings. The molecule has 4 nitrogen and oxygen atoms in total. The number of rotatable bonds is 6. The van der Waals surface area contributed by atoms with Gasteiger partial charge in [0.15, 0.2) is 0 Å². The van der Waals surface area contributed by atoms with Crippen LogP contribution in [0.2, 0.25) is 0 Å². The van der Waals surface area contributed by atoms with Crippen LogP contribution in [0.4, 0.5) is 11.4 Å². The number of hydrogen-bond donors (Lipinski definition) is 0. The Bertz CT molecular complexity index is 601. The van der Waals surface area contributed by atoms with Crippen LogP contribution in [-0.2, 0) is 9.59 Å². The van der Waals surface area contributed by atoms with Gasteiger partial charge >= 0.3 is 0 Å². The summed E-state index contributed by atoms with van der Waals surface area (Å²) in [7, 11) is 1.73. The van der Waals surface area contributed by atoms with E-state index >= 15 is 0 Å². The van der Waals surface area contributed by atoms with E-state index in [0.29, 0.717) is 6.54 Å². The molecule has 119 valence electrons. The number of para-hydroxylation sites is 2. The van der Waals surface area contributed by atoms with Crippen molar-refractivity contribution in [1.29, 1.82) is 0 Å². The van der Waals surface area contributed by atoms with Gasteiger partial charge in [-0.25, -0.2) is 0 Å². The maximum absolute atomic E-state index is 12.7. The fraction of sp³-hybridized carbons (Fsp3) is 0.211. The van der Waals surface area contributed by atoms with Crippen molar-refractivity contribution in [1.82, 2.24) is 4.90 Å². The molecule has 0 heterocycles. The van der Waals surface area contributed by atoms with Crippen molar-refractivity contribution in [3.63, 3.8) is 0 Å². The van der Waals surface area contributed by atoms with Crippen LogP contribution in [-0.4, -0.2) is 30.3 Å². The molecule has 2 aromatic carbocycles. The molecule has 0 fully saturated rings. The van der Waals surface area contributed by atoms with Gasteiger partial charge in [0.2, 0.25) is 11.8 Å². The monoisotopic (exact) mass is 309 g/mol. The molecule has 0 atom stereocenters. The van der Waals surface area contributed by atoms with Crippen molar-refractivity contribution in [2.24, 2.45) is 0 Å². The van der Waals surface area contributed by atoms with Crippen LogP contribution < -0.4 is 4.90 Å². The van der Waals surface area contributed by atoms with Crippen molar-refractivity contribution in [2.75, 3.05) is 18.5 Å². The Morgan fingerprint density at radius 1 is 0.913 bits per heavy atom. The minimum absolute atomic E-state index is 0.0677. The summed E-state index contributed by atoms with van der Waals surface area (Å²) >= 11 is 0. The first-order valence-electron chi connectivity index (χ1n) is 7.65. The topological polar surface area (TPSA) is 40.6 Å². The predicted octanol–water partition coefficient (Wildman–Crippen LogP) is 3.42. The van der Waals surface area contributed by atoms with E-state index in [2.05, 4.69) is 0 Å². The van der Waals surface area contributed by atoms with Gasteiger partial charge in [-0.15, -0.1) is 0 Å². The summed E-state index contributed by atoms with van der Waals surface area (Å²) in [5.41, 5.74) is 1.55. The van der Waals surface area contributed by atoms with Crippen LogP contribution in [0.25, 0.3) is 0 Å². The van der Waals surface area contributed by atoms with Gasteiger partial charge < -0.3 is 4.90 Å². The quantitative estimate of drug-likeness (QED) is 0.820. The first-order chi connectivity index (χ1) is 11.1. The van der Waals surface area contributed by atoms with Gasteiger partial charge in [0.1, 0.15) is 0 Å². The van der Waals surface area contributed by atoms with Gasteiger partial charge in [-0.05, 0) is 31.2 Å². The summed E-state index contributed by atoms with van der Waals surface area (Å²) in [5, 5.41) is 0. The number of nitrogens with zero attached hydrogens (tertiary/aromatic N) is 2. The Morgan fingerprint density at radius 2 is 1.39 bits per heavy atom. The smallest absolute Gasteiger partial charge is 0.235 e. The molecule has 2 amide bonds. The maximum Gasteiger partial charge on any atom is 0.235 e. The van der Waals surface area contributed by atoms with Crippen molar-refractivity contribution in [3.05, 3.63) is 67.1 Å². The molecule has 0 aliphatic heterocycles. The van der Waals surface area contributed by atoms with Gasteiger partial charge in [-0.1, -0.05) is 36.4 Å². The van der Waals surface area contributed by atoms with E-state index < -0.39 is 0 Å². The van der Waals surface area contributed by atoms with E-state index in [1.165, 1.54) is 6.42 Å². The fourth-order valence-electron chi connectivity index (χ4n) is 2.16. The summed E-state index contributed by atoms with van der Waals surface area (Å²) in [6.45, 7) is 2.53. The zero-order valence-electron chi connectivity index (χ0n) is 13.5. The highest BCUT2D eigenvalue weighted by Crippen LogP contribution is 2.25. The van der Waals surface area contributed by atoms with Gasteiger partial charge in [0, 0.05) is 31.4 Å². The zero-order valence-corrected chi connectivity index (χ0v) is 13.5. The number of carbonyl (C=O) groups is 2. The van der Waals surface area contributed by atoms with Crippen LogP contribution >= 0.6 is 0 Å². The van der Waals surface area contributed by atoms with Crippen LogP contribution in [0.5, 0.6) is 0 Å². The highest BCUT2D eigenvalue weighted by molar-refractivity contribution is 6.06. The van der Waals surface area contributed by atoms with E-state index in [1.54, 1.807) is 16.8 Å². The zero-order chi connectivity index (χ0) is 16.7. The highest BCUT2D eigenvalue weighted by Gasteiger charge is 2.19. The van der Waals surface area contributed by atoms with Crippen LogP contribution in [0.1, 0.15) is 13.3 Å². The standard InChI is InChI=1S/C19H21N2O2/c1-3-20(2)18(22)14-15-19(23)21(16-10-6-4-7-11-16)17-12-8-5-9-13-17/h4-13,15H,3,14H2,1-2H3. The molecule has 0 spiro atoms. The lowest BCUT2D eigenvalue weighted by Gasteiger charge is -2.23. The van der Waals surface area contributed by atoms with E-state index in [0.717, 1.165) is 11.4 Å². The molecule has 0 bridgehead atoms. The van der Waals surface area contributed by atoms with Crippen LogP contribution in [0, 0.1) is 6.42 Å². The molecule has 0 unspecified atom stereocenters. The molecule has 0 N–H and O–H groups in total. The third-order valence-electron chi connectivity index (χ3n) is 3.60. The molecular formula is C19H21N2O2. The van der Waals surface area contributed by atoms with Gasteiger partial charge in [0.25, 0.3) is 0 Å². The lowest BCUT2D eigenvalue weighted by Crippen LogP contribution is -2.30. The second-order valence-corrected chi connectivity index (χ2v) is 5.16. The lowest BCUT2D eigenvalue weighted by atomic mass is 10.2. The van der Waals surface area contributed by atoms with Gasteiger partial charge in [-0.2, -0.15) is 0 Å². The summed E-state index contributed by atoms with van der Waals surface area (Å²) in [6.07, 6.45) is 1.54. The van der Waals surface area contributed by atoms with Crippen molar-refractivity contribution in [2.45, 2.75) is 13.3 Å². The molecule has 0 aliphatic carbocycles. The number of benzene rings is 2. The minimum atomic E-state index is -0.208. The number of amides is 2. The summed E-state index contributed by atoms with van der Waals surface area (Å²) in [6, 6.07) is 18.8. The normalized spacial score (nSPS) is 10.2. The van der Waals surface area contributed by atoms with Crippen LogP contribution in [0.3, 0.4) is 0 Å². The molecule has 2 aromatic rings. The van der Waals surface area contributed by atoms with Crippen molar-refractivity contribution in [3.8, 4) is 0 Å². The molecular weight excluding hydrogens is 288 g/mol. The van der Waals surface area contributed by atoms with E-state index in [1.807, 2.05) is 67.6 Å². The van der Waals surface area contributed by atoms with Gasteiger partial charge in [-0.3, -0.25) is 14.5 Å². The lowest BCUT2D eigenvalue weighted by molar-refractivity contribution is -0.130. The average molecular weight is 309 g/mol. The molecule has 23 heavy (non-hydrogen) atoms. The average Bonchev–Trinajstić information content (AvgIpc) is 2.61. The summed E-state index contributed by atoms with van der Waals surface area (Å²) in [5.74, 6) is -0.276. The Morgan fingerprint density at radius 3 is 1.83 bits per heavy atom. The third kappa shape index (κ3) is 4.42. The van der Waals surface area contributed by atoms with Crippen LogP contribution in [0.15, 0.2) is 60.7 Å². The SMILES string of the molecule is CCN(C)C(=O)C[CH]C(=O)N(c1ccccc1)c1ccccc1. The maximum atomic E-state index is 12.7. The molecule has 1 radical (unpaired) electrons. The Hall–Kier alpha value is -2.62. The predicted molar refractivity (Wildman–Crippen MR) is 92.3 cm³/mol. The van der Waals surface area contributed by atoms with Crippen molar-refractivity contribution >= 4 is 23.2 Å². The fourth-order valence-corrected chi connectivity index (χ4v) is 2.16. The Kier molecular flexibility index (Phi) is 5.92. The minimum Gasteiger partial charge on any atom is -0.346 e. The summed E-state index contributed by atoms with van der Waals surface area (Å²) in [4.78, 5) is 27.8. The molecule has 4 heteroatoms. The number of carbonyl (C=O) groups excluding carboxylic acids is 2. The molecule has 0 saturated heterocycles. The second-order valence-electron chi connectivity index (χ2n) is 5.16. The second kappa shape index (κ2) is 8.13. The Balaban J connectivity index is 2.18. The van der Waals surface area contributed by atoms with Gasteiger partial charge in [0.05, 0.1) is 6.42 Å². The number of hydrogen-bond acceptors (Lipinski definition) is 2. The molecule has 0 saturated carbocycles. The number of anilines is 2. The van der Waals surface area contributed by atoms with E-state index in [9.17, 15) is 9.59 Å². The summed E-state index contributed by atoms with van der Waals surface area (Å²) < 4.78 is 0. The largest absolute Gasteiger partial charge is 0.346 e. The molecule has 0 aromatic heterocycles. The van der Waals surface area contributed by atoms with E-state index in [-0.39, 0.29) is 18.2 Å².